The number of aromatic carboxylic acids is 1. The number of aromatic amines is 1. The summed E-state index contributed by atoms with van der Waals surface area (Å²) in [6.45, 7) is 0. The molecule has 0 spiro atoms. The van der Waals surface area contributed by atoms with Gasteiger partial charge in [-0.2, -0.15) is 5.10 Å². The van der Waals surface area contributed by atoms with Crippen molar-refractivity contribution in [3.8, 4) is 5.82 Å². The lowest BCUT2D eigenvalue weighted by atomic mass is 10.3. The zero-order valence-corrected chi connectivity index (χ0v) is 6.64. The number of carbonyl (C=O) groups is 1. The van der Waals surface area contributed by atoms with Gasteiger partial charge in [0.2, 0.25) is 0 Å². The SMILES string of the molecule is O=C(O)c1cn[nH]c1-n1cccc1. The average Bonchev–Trinajstić information content (AvgIpc) is 2.74. The number of H-pyrrole nitrogens is 1. The van der Waals surface area contributed by atoms with Crippen molar-refractivity contribution < 1.29 is 9.90 Å². The molecular formula is C8H7N3O2. The Morgan fingerprint density at radius 2 is 2.15 bits per heavy atom. The summed E-state index contributed by atoms with van der Waals surface area (Å²) < 4.78 is 1.66. The third-order valence-corrected chi connectivity index (χ3v) is 1.71. The second kappa shape index (κ2) is 2.78. The third kappa shape index (κ3) is 1.20. The van der Waals surface area contributed by atoms with Crippen molar-refractivity contribution in [1.29, 1.82) is 0 Å². The van der Waals surface area contributed by atoms with Gasteiger partial charge in [-0.3, -0.25) is 5.10 Å². The molecule has 5 nitrogen and oxygen atoms in total. The lowest BCUT2D eigenvalue weighted by Gasteiger charge is -1.98. The van der Waals surface area contributed by atoms with Gasteiger partial charge in [0.1, 0.15) is 11.4 Å². The third-order valence-electron chi connectivity index (χ3n) is 1.71. The fourth-order valence-electron chi connectivity index (χ4n) is 1.12. The van der Waals surface area contributed by atoms with Crippen LogP contribution in [0.3, 0.4) is 0 Å². The summed E-state index contributed by atoms with van der Waals surface area (Å²) in [7, 11) is 0. The first-order valence-electron chi connectivity index (χ1n) is 3.69. The van der Waals surface area contributed by atoms with E-state index < -0.39 is 5.97 Å². The Bertz CT molecular complexity index is 416. The van der Waals surface area contributed by atoms with E-state index in [0.29, 0.717) is 5.82 Å². The van der Waals surface area contributed by atoms with Crippen LogP contribution in [-0.4, -0.2) is 25.8 Å². The van der Waals surface area contributed by atoms with Crippen LogP contribution in [-0.2, 0) is 0 Å². The summed E-state index contributed by atoms with van der Waals surface area (Å²) in [6, 6.07) is 3.62. The molecule has 0 saturated carbocycles. The van der Waals surface area contributed by atoms with E-state index in [4.69, 9.17) is 5.11 Å². The number of nitrogens with zero attached hydrogens (tertiary/aromatic N) is 2. The second-order valence-electron chi connectivity index (χ2n) is 2.53. The van der Waals surface area contributed by atoms with E-state index in [1.54, 1.807) is 17.0 Å². The molecule has 0 bridgehead atoms. The van der Waals surface area contributed by atoms with Crippen molar-refractivity contribution >= 4 is 5.97 Å². The van der Waals surface area contributed by atoms with Gasteiger partial charge >= 0.3 is 5.97 Å². The Labute approximate surface area is 73.6 Å². The molecule has 2 aromatic heterocycles. The van der Waals surface area contributed by atoms with Crippen molar-refractivity contribution in [2.24, 2.45) is 0 Å². The summed E-state index contributed by atoms with van der Waals surface area (Å²) >= 11 is 0. The quantitative estimate of drug-likeness (QED) is 0.715. The number of nitrogens with one attached hydrogen (secondary N) is 1. The first-order valence-corrected chi connectivity index (χ1v) is 3.69. The van der Waals surface area contributed by atoms with Gasteiger partial charge in [-0.15, -0.1) is 0 Å². The molecule has 2 heterocycles. The Hall–Kier alpha value is -2.04. The maximum absolute atomic E-state index is 10.7. The Morgan fingerprint density at radius 3 is 2.77 bits per heavy atom. The van der Waals surface area contributed by atoms with Crippen LogP contribution in [0.5, 0.6) is 0 Å². The minimum atomic E-state index is -0.988. The molecule has 13 heavy (non-hydrogen) atoms. The lowest BCUT2D eigenvalue weighted by Crippen LogP contribution is -2.01. The van der Waals surface area contributed by atoms with Gasteiger partial charge in [-0.05, 0) is 12.1 Å². The van der Waals surface area contributed by atoms with Crippen molar-refractivity contribution in [3.63, 3.8) is 0 Å². The molecule has 0 aliphatic heterocycles. The van der Waals surface area contributed by atoms with E-state index in [-0.39, 0.29) is 5.56 Å². The molecule has 2 rings (SSSR count). The molecule has 0 aliphatic carbocycles. The first kappa shape index (κ1) is 7.60. The van der Waals surface area contributed by atoms with Crippen LogP contribution in [0.25, 0.3) is 5.82 Å². The predicted molar refractivity (Wildman–Crippen MR) is 44.9 cm³/mol. The van der Waals surface area contributed by atoms with Gasteiger partial charge in [-0.25, -0.2) is 4.79 Å². The van der Waals surface area contributed by atoms with Crippen LogP contribution in [0.4, 0.5) is 0 Å². The normalized spacial score (nSPS) is 10.2. The van der Waals surface area contributed by atoms with Crippen LogP contribution in [0, 0.1) is 0 Å². The average molecular weight is 177 g/mol. The number of hydrogen-bond acceptors (Lipinski definition) is 2. The Morgan fingerprint density at radius 1 is 1.46 bits per heavy atom. The van der Waals surface area contributed by atoms with Crippen LogP contribution in [0.15, 0.2) is 30.7 Å². The summed E-state index contributed by atoms with van der Waals surface area (Å²) in [5.41, 5.74) is 0.163. The zero-order chi connectivity index (χ0) is 9.26. The van der Waals surface area contributed by atoms with Crippen LogP contribution in [0.1, 0.15) is 10.4 Å². The number of carboxylic acid groups (broad SMARTS) is 1. The van der Waals surface area contributed by atoms with E-state index in [0.717, 1.165) is 0 Å². The predicted octanol–water partition coefficient (Wildman–Crippen LogP) is 0.899. The van der Waals surface area contributed by atoms with Gasteiger partial charge in [0, 0.05) is 12.4 Å². The Balaban J connectivity index is 2.52. The molecule has 5 heteroatoms. The van der Waals surface area contributed by atoms with Crippen molar-refractivity contribution in [1.82, 2.24) is 14.8 Å². The molecule has 0 fully saturated rings. The smallest absolute Gasteiger partial charge is 0.341 e. The van der Waals surface area contributed by atoms with Crippen LogP contribution >= 0.6 is 0 Å². The van der Waals surface area contributed by atoms with Crippen molar-refractivity contribution in [2.75, 3.05) is 0 Å². The highest BCUT2D eigenvalue weighted by atomic mass is 16.4. The molecule has 0 amide bonds. The van der Waals surface area contributed by atoms with Crippen molar-refractivity contribution in [3.05, 3.63) is 36.3 Å². The van der Waals surface area contributed by atoms with Gasteiger partial charge in [0.05, 0.1) is 6.20 Å². The number of aromatic nitrogens is 3. The molecule has 0 radical (unpaired) electrons. The van der Waals surface area contributed by atoms with E-state index in [1.807, 2.05) is 12.1 Å². The van der Waals surface area contributed by atoms with Gasteiger partial charge < -0.3 is 9.67 Å². The highest BCUT2D eigenvalue weighted by Gasteiger charge is 2.12. The summed E-state index contributed by atoms with van der Waals surface area (Å²) in [5, 5.41) is 15.1. The molecular weight excluding hydrogens is 170 g/mol. The number of carboxylic acids is 1. The van der Waals surface area contributed by atoms with Crippen LogP contribution in [0.2, 0.25) is 0 Å². The first-order chi connectivity index (χ1) is 6.29. The molecule has 66 valence electrons. The van der Waals surface area contributed by atoms with Crippen molar-refractivity contribution in [2.45, 2.75) is 0 Å². The van der Waals surface area contributed by atoms with E-state index >= 15 is 0 Å². The minimum absolute atomic E-state index is 0.163. The van der Waals surface area contributed by atoms with E-state index in [9.17, 15) is 4.79 Å². The highest BCUT2D eigenvalue weighted by Crippen LogP contribution is 2.10. The second-order valence-corrected chi connectivity index (χ2v) is 2.53. The molecule has 0 aromatic carbocycles. The molecule has 2 N–H and O–H groups in total. The van der Waals surface area contributed by atoms with E-state index in [2.05, 4.69) is 10.2 Å². The summed E-state index contributed by atoms with van der Waals surface area (Å²) in [4.78, 5) is 10.7. The van der Waals surface area contributed by atoms with E-state index in [1.165, 1.54) is 6.20 Å². The standard InChI is InChI=1S/C8H7N3O2/c12-8(13)6-5-9-10-7(6)11-3-1-2-4-11/h1-5H,(H,9,10)(H,12,13). The van der Waals surface area contributed by atoms with Gasteiger partial charge in [-0.1, -0.05) is 0 Å². The van der Waals surface area contributed by atoms with Gasteiger partial charge in [0.15, 0.2) is 0 Å². The molecule has 0 unspecified atom stereocenters. The number of hydrogen-bond donors (Lipinski definition) is 2. The maximum Gasteiger partial charge on any atom is 0.341 e. The molecule has 0 aliphatic rings. The van der Waals surface area contributed by atoms with Gasteiger partial charge in [0.25, 0.3) is 0 Å². The Kier molecular flexibility index (Phi) is 1.63. The monoisotopic (exact) mass is 177 g/mol. The molecule has 0 atom stereocenters. The summed E-state index contributed by atoms with van der Waals surface area (Å²) in [5.74, 6) is -0.519. The summed E-state index contributed by atoms with van der Waals surface area (Å²) in [6.07, 6.45) is 4.79. The fourth-order valence-corrected chi connectivity index (χ4v) is 1.12. The highest BCUT2D eigenvalue weighted by molar-refractivity contribution is 5.90. The molecule has 0 saturated heterocycles. The number of rotatable bonds is 2. The van der Waals surface area contributed by atoms with Crippen LogP contribution < -0.4 is 0 Å². The largest absolute Gasteiger partial charge is 0.477 e. The minimum Gasteiger partial charge on any atom is -0.477 e. The lowest BCUT2D eigenvalue weighted by molar-refractivity contribution is 0.0697. The topological polar surface area (TPSA) is 70.9 Å². The fraction of sp³-hybridized carbons (Fsp3) is 0. The zero-order valence-electron chi connectivity index (χ0n) is 6.64. The molecule has 2 aromatic rings. The maximum atomic E-state index is 10.7.